The summed E-state index contributed by atoms with van der Waals surface area (Å²) < 4.78 is 14.4. The summed E-state index contributed by atoms with van der Waals surface area (Å²) in [7, 11) is 2.19. The Morgan fingerprint density at radius 1 is 1.39 bits per heavy atom. The summed E-state index contributed by atoms with van der Waals surface area (Å²) in [6, 6.07) is 3.46. The predicted molar refractivity (Wildman–Crippen MR) is 82.8 cm³/mol. The van der Waals surface area contributed by atoms with Crippen molar-refractivity contribution in [2.24, 2.45) is 0 Å². The molecule has 1 saturated carbocycles. The first-order valence-electron chi connectivity index (χ1n) is 8.23. The number of benzene rings is 1. The normalized spacial score (nSPS) is 30.5. The maximum Gasteiger partial charge on any atom is 0.274 e. The number of hydrogen-bond acceptors (Lipinski definition) is 4. The summed E-state index contributed by atoms with van der Waals surface area (Å²) in [6.45, 7) is 2.72. The number of nitrogens with one attached hydrogen (secondary N) is 1. The molecular weight excluding hydrogens is 297 g/mol. The summed E-state index contributed by atoms with van der Waals surface area (Å²) in [4.78, 5) is 16.3. The first-order chi connectivity index (χ1) is 11.0. The highest BCUT2D eigenvalue weighted by Crippen LogP contribution is 2.48. The molecule has 3 aliphatic rings. The molecule has 4 rings (SSSR count). The van der Waals surface area contributed by atoms with Crippen LogP contribution in [0.5, 0.6) is 0 Å². The number of fused-ring (bicyclic) bond motifs is 1. The minimum absolute atomic E-state index is 0.177. The molecule has 0 bridgehead atoms. The van der Waals surface area contributed by atoms with Crippen molar-refractivity contribution >= 4 is 5.91 Å². The lowest BCUT2D eigenvalue weighted by atomic mass is 9.64. The Hall–Kier alpha value is -1.50. The molecule has 0 aromatic heterocycles. The average molecular weight is 319 g/mol. The second-order valence-electron chi connectivity index (χ2n) is 7.22. The van der Waals surface area contributed by atoms with Gasteiger partial charge in [-0.2, -0.15) is 0 Å². The fourth-order valence-electron chi connectivity index (χ4n) is 4.39. The Balaban J connectivity index is 1.49. The molecule has 2 fully saturated rings. The standard InChI is InChI=1S/C17H22FN3O2/c1-20-5-3-17(20)8-13(9-17)21-4-2-11-6-12(16(22)19-23)7-15(18)14(11)10-21/h6-7,13,23H,2-5,8-10H2,1H3,(H,19,22). The molecule has 23 heavy (non-hydrogen) atoms. The highest BCUT2D eigenvalue weighted by molar-refractivity contribution is 5.93. The topological polar surface area (TPSA) is 55.8 Å². The maximum atomic E-state index is 14.4. The van der Waals surface area contributed by atoms with Crippen molar-refractivity contribution in [3.8, 4) is 0 Å². The maximum absolute atomic E-state index is 14.4. The highest BCUT2D eigenvalue weighted by Gasteiger charge is 2.53. The Morgan fingerprint density at radius 2 is 2.17 bits per heavy atom. The second-order valence-corrected chi connectivity index (χ2v) is 7.22. The molecule has 5 nitrogen and oxygen atoms in total. The van der Waals surface area contributed by atoms with Gasteiger partial charge in [-0.1, -0.05) is 0 Å². The zero-order valence-corrected chi connectivity index (χ0v) is 13.3. The summed E-state index contributed by atoms with van der Waals surface area (Å²) >= 11 is 0. The third kappa shape index (κ3) is 2.28. The molecular formula is C17H22FN3O2. The average Bonchev–Trinajstić information content (AvgIpc) is 2.51. The third-order valence-corrected chi connectivity index (χ3v) is 6.15. The molecule has 1 amide bonds. The Morgan fingerprint density at radius 3 is 2.78 bits per heavy atom. The lowest BCUT2D eigenvalue weighted by Gasteiger charge is -2.62. The molecule has 6 heteroatoms. The number of halogens is 1. The van der Waals surface area contributed by atoms with E-state index in [0.29, 0.717) is 23.7 Å². The van der Waals surface area contributed by atoms with Crippen LogP contribution < -0.4 is 5.48 Å². The van der Waals surface area contributed by atoms with Gasteiger partial charge in [0.25, 0.3) is 5.91 Å². The molecule has 1 aliphatic carbocycles. The van der Waals surface area contributed by atoms with E-state index in [0.717, 1.165) is 18.5 Å². The van der Waals surface area contributed by atoms with E-state index in [9.17, 15) is 9.18 Å². The largest absolute Gasteiger partial charge is 0.300 e. The smallest absolute Gasteiger partial charge is 0.274 e. The van der Waals surface area contributed by atoms with Crippen LogP contribution in [0.2, 0.25) is 0 Å². The molecule has 1 spiro atoms. The number of amides is 1. The van der Waals surface area contributed by atoms with Crippen molar-refractivity contribution in [1.82, 2.24) is 15.3 Å². The van der Waals surface area contributed by atoms with Gasteiger partial charge in [0.05, 0.1) is 0 Å². The van der Waals surface area contributed by atoms with E-state index in [1.54, 1.807) is 11.5 Å². The number of hydroxylamine groups is 1. The zero-order valence-electron chi connectivity index (χ0n) is 13.3. The van der Waals surface area contributed by atoms with Gasteiger partial charge in [-0.25, -0.2) is 9.87 Å². The van der Waals surface area contributed by atoms with Crippen LogP contribution >= 0.6 is 0 Å². The van der Waals surface area contributed by atoms with Gasteiger partial charge in [-0.3, -0.25) is 14.9 Å². The Kier molecular flexibility index (Phi) is 3.44. The van der Waals surface area contributed by atoms with Crippen molar-refractivity contribution in [2.45, 2.75) is 43.8 Å². The van der Waals surface area contributed by atoms with Crippen LogP contribution in [0.3, 0.4) is 0 Å². The van der Waals surface area contributed by atoms with E-state index >= 15 is 0 Å². The summed E-state index contributed by atoms with van der Waals surface area (Å²) in [6.07, 6.45) is 4.41. The monoisotopic (exact) mass is 319 g/mol. The van der Waals surface area contributed by atoms with Crippen molar-refractivity contribution in [2.75, 3.05) is 20.1 Å². The minimum Gasteiger partial charge on any atom is -0.300 e. The number of likely N-dealkylation sites (tertiary alicyclic amines) is 1. The SMILES string of the molecule is CN1CCC12CC(N1CCc3cc(C(=O)NO)cc(F)c3C1)C2. The van der Waals surface area contributed by atoms with Crippen LogP contribution in [0.15, 0.2) is 12.1 Å². The van der Waals surface area contributed by atoms with Crippen LogP contribution in [-0.2, 0) is 13.0 Å². The minimum atomic E-state index is -0.664. The van der Waals surface area contributed by atoms with Gasteiger partial charge < -0.3 is 4.90 Å². The molecule has 2 aliphatic heterocycles. The quantitative estimate of drug-likeness (QED) is 0.641. The molecule has 1 aromatic carbocycles. The number of rotatable bonds is 2. The van der Waals surface area contributed by atoms with Gasteiger partial charge in [-0.05, 0) is 50.4 Å². The fraction of sp³-hybridized carbons (Fsp3) is 0.588. The molecule has 0 atom stereocenters. The van der Waals surface area contributed by atoms with Gasteiger partial charge in [0.1, 0.15) is 5.82 Å². The highest BCUT2D eigenvalue weighted by atomic mass is 19.1. The molecule has 0 radical (unpaired) electrons. The van der Waals surface area contributed by atoms with Crippen LogP contribution in [0.4, 0.5) is 4.39 Å². The van der Waals surface area contributed by atoms with E-state index in [-0.39, 0.29) is 11.4 Å². The van der Waals surface area contributed by atoms with Crippen molar-refractivity contribution < 1.29 is 14.4 Å². The predicted octanol–water partition coefficient (Wildman–Crippen LogP) is 1.54. The first kappa shape index (κ1) is 15.1. The van der Waals surface area contributed by atoms with Crippen LogP contribution in [-0.4, -0.2) is 52.6 Å². The Bertz CT molecular complexity index is 657. The van der Waals surface area contributed by atoms with Crippen LogP contribution in [0.25, 0.3) is 0 Å². The number of carbonyl (C=O) groups is 1. The number of hydrogen-bond donors (Lipinski definition) is 2. The van der Waals surface area contributed by atoms with Gasteiger partial charge in [0.15, 0.2) is 0 Å². The van der Waals surface area contributed by atoms with Gasteiger partial charge >= 0.3 is 0 Å². The van der Waals surface area contributed by atoms with E-state index < -0.39 is 5.91 Å². The van der Waals surface area contributed by atoms with Crippen molar-refractivity contribution in [1.29, 1.82) is 0 Å². The zero-order chi connectivity index (χ0) is 16.2. The van der Waals surface area contributed by atoms with Gasteiger partial charge in [0, 0.05) is 42.3 Å². The Labute approximate surface area is 135 Å². The van der Waals surface area contributed by atoms with E-state index in [2.05, 4.69) is 16.8 Å². The van der Waals surface area contributed by atoms with E-state index in [4.69, 9.17) is 5.21 Å². The molecule has 0 unspecified atom stereocenters. The summed E-state index contributed by atoms with van der Waals surface area (Å²) in [5.74, 6) is -1.01. The molecule has 1 aromatic rings. The number of nitrogens with zero attached hydrogens (tertiary/aromatic N) is 2. The third-order valence-electron chi connectivity index (χ3n) is 6.15. The lowest BCUT2D eigenvalue weighted by Crippen LogP contribution is -2.69. The number of carbonyl (C=O) groups excluding carboxylic acids is 1. The second kappa shape index (κ2) is 5.26. The van der Waals surface area contributed by atoms with Crippen molar-refractivity contribution in [3.63, 3.8) is 0 Å². The molecule has 1 saturated heterocycles. The van der Waals surface area contributed by atoms with Gasteiger partial charge in [-0.15, -0.1) is 0 Å². The fourth-order valence-corrected chi connectivity index (χ4v) is 4.39. The van der Waals surface area contributed by atoms with Crippen LogP contribution in [0.1, 0.15) is 40.7 Å². The van der Waals surface area contributed by atoms with E-state index in [1.165, 1.54) is 31.9 Å². The molecule has 2 N–H and O–H groups in total. The van der Waals surface area contributed by atoms with E-state index in [1.807, 2.05) is 0 Å². The molecule has 124 valence electrons. The summed E-state index contributed by atoms with van der Waals surface area (Å²) in [5.41, 5.74) is 3.75. The van der Waals surface area contributed by atoms with Gasteiger partial charge in [0.2, 0.25) is 0 Å². The van der Waals surface area contributed by atoms with Crippen molar-refractivity contribution in [3.05, 3.63) is 34.6 Å². The lowest BCUT2D eigenvalue weighted by molar-refractivity contribution is -0.106. The van der Waals surface area contributed by atoms with Crippen LogP contribution in [0, 0.1) is 5.82 Å². The summed E-state index contributed by atoms with van der Waals surface area (Å²) in [5, 5.41) is 8.70. The first-order valence-corrected chi connectivity index (χ1v) is 8.23. The molecule has 2 heterocycles.